The summed E-state index contributed by atoms with van der Waals surface area (Å²) >= 11 is 4.77. The zero-order valence-electron chi connectivity index (χ0n) is 17.6. The first-order valence-electron chi connectivity index (χ1n) is 9.69. The molecule has 1 aromatic heterocycles. The smallest absolute Gasteiger partial charge is 0.282 e. The number of benzene rings is 2. The van der Waals surface area contributed by atoms with Crippen LogP contribution in [-0.4, -0.2) is 35.6 Å². The summed E-state index contributed by atoms with van der Waals surface area (Å²) in [5.74, 6) is -0.357. The molecule has 0 saturated carbocycles. The van der Waals surface area contributed by atoms with Crippen molar-refractivity contribution in [3.63, 3.8) is 0 Å². The maximum Gasteiger partial charge on any atom is 0.282 e. The van der Waals surface area contributed by atoms with Gasteiger partial charge in [0.1, 0.15) is 0 Å². The summed E-state index contributed by atoms with van der Waals surface area (Å²) in [7, 11) is 1.70. The van der Waals surface area contributed by atoms with Gasteiger partial charge < -0.3 is 4.90 Å². The minimum absolute atomic E-state index is 0.0617. The average Bonchev–Trinajstić information content (AvgIpc) is 3.37. The van der Waals surface area contributed by atoms with E-state index in [9.17, 15) is 9.59 Å². The molecule has 2 heterocycles. The van der Waals surface area contributed by atoms with Crippen LogP contribution in [0.25, 0.3) is 11.3 Å². The maximum absolute atomic E-state index is 12.9. The van der Waals surface area contributed by atoms with Crippen LogP contribution in [0.3, 0.4) is 0 Å². The van der Waals surface area contributed by atoms with E-state index >= 15 is 0 Å². The first kappa shape index (κ1) is 22.0. The molecule has 32 heavy (non-hydrogen) atoms. The third-order valence-electron chi connectivity index (χ3n) is 4.91. The Kier molecular flexibility index (Phi) is 6.24. The molecular weight excluding hydrogens is 492 g/mol. The predicted molar refractivity (Wildman–Crippen MR) is 130 cm³/mol. The lowest BCUT2D eigenvalue weighted by Gasteiger charge is -2.14. The van der Waals surface area contributed by atoms with Gasteiger partial charge >= 0.3 is 0 Å². The van der Waals surface area contributed by atoms with Crippen LogP contribution >= 0.6 is 27.3 Å². The normalized spacial score (nSPS) is 16.0. The molecule has 10 heteroatoms. The molecule has 0 N–H and O–H groups in total. The van der Waals surface area contributed by atoms with Crippen LogP contribution in [0.4, 0.5) is 16.5 Å². The number of carbonyl (C=O) groups is 2. The Hall–Kier alpha value is -3.24. The van der Waals surface area contributed by atoms with Crippen molar-refractivity contribution in [2.75, 3.05) is 17.0 Å². The van der Waals surface area contributed by atoms with E-state index in [4.69, 9.17) is 0 Å². The van der Waals surface area contributed by atoms with Crippen LogP contribution < -0.4 is 9.91 Å². The third-order valence-corrected chi connectivity index (χ3v) is 6.25. The molecule has 0 saturated heterocycles. The number of anilines is 2. The van der Waals surface area contributed by atoms with E-state index in [1.807, 2.05) is 29.6 Å². The molecule has 1 atom stereocenters. The molecule has 2 amide bonds. The fourth-order valence-electron chi connectivity index (χ4n) is 2.99. The lowest BCUT2D eigenvalue weighted by molar-refractivity contribution is -0.118. The molecule has 1 unspecified atom stereocenters. The van der Waals surface area contributed by atoms with Crippen molar-refractivity contribution >= 4 is 61.3 Å². The number of aromatic nitrogens is 1. The molecule has 1 aliphatic heterocycles. The molecule has 4 rings (SSSR count). The molecule has 0 aliphatic carbocycles. The maximum atomic E-state index is 12.9. The van der Waals surface area contributed by atoms with Crippen LogP contribution in [0.5, 0.6) is 0 Å². The van der Waals surface area contributed by atoms with Gasteiger partial charge in [-0.25, -0.2) is 4.98 Å². The molecule has 0 bridgehead atoms. The second-order valence-corrected chi connectivity index (χ2v) is 8.88. The van der Waals surface area contributed by atoms with Crippen molar-refractivity contribution in [3.05, 3.63) is 58.4 Å². The highest BCUT2D eigenvalue weighted by molar-refractivity contribution is 9.10. The summed E-state index contributed by atoms with van der Waals surface area (Å²) in [6.45, 7) is 3.24. The summed E-state index contributed by atoms with van der Waals surface area (Å²) in [6.07, 6.45) is 0. The Bertz CT molecular complexity index is 1220. The highest BCUT2D eigenvalue weighted by atomic mass is 79.9. The monoisotopic (exact) mass is 510 g/mol. The number of nitrogens with zero attached hydrogens (tertiary/aromatic N) is 6. The second kappa shape index (κ2) is 9.09. The number of thiazole rings is 1. The Morgan fingerprint density at radius 1 is 1.16 bits per heavy atom. The summed E-state index contributed by atoms with van der Waals surface area (Å²) < 4.78 is 0.986. The first-order chi connectivity index (χ1) is 15.3. The zero-order valence-corrected chi connectivity index (χ0v) is 20.0. The fraction of sp³-hybridized carbons (Fsp3) is 0.182. The highest BCUT2D eigenvalue weighted by Crippen LogP contribution is 2.31. The zero-order chi connectivity index (χ0) is 22.8. The van der Waals surface area contributed by atoms with Gasteiger partial charge in [0, 0.05) is 35.1 Å². The van der Waals surface area contributed by atoms with E-state index < -0.39 is 6.04 Å². The number of rotatable bonds is 5. The van der Waals surface area contributed by atoms with Gasteiger partial charge in [0.2, 0.25) is 11.0 Å². The van der Waals surface area contributed by atoms with Crippen LogP contribution in [0, 0.1) is 0 Å². The van der Waals surface area contributed by atoms with Gasteiger partial charge in [-0.2, -0.15) is 20.3 Å². The van der Waals surface area contributed by atoms with Crippen molar-refractivity contribution in [2.24, 2.45) is 15.3 Å². The molecule has 0 spiro atoms. The third kappa shape index (κ3) is 4.51. The fourth-order valence-corrected chi connectivity index (χ4v) is 4.04. The molecule has 2 aromatic carbocycles. The predicted octanol–water partition coefficient (Wildman–Crippen LogP) is 5.43. The van der Waals surface area contributed by atoms with Crippen molar-refractivity contribution < 1.29 is 9.59 Å². The van der Waals surface area contributed by atoms with Crippen LogP contribution in [0.15, 0.2) is 73.7 Å². The van der Waals surface area contributed by atoms with Gasteiger partial charge in [0.25, 0.3) is 5.91 Å². The summed E-state index contributed by atoms with van der Waals surface area (Å²) in [4.78, 5) is 30.5. The van der Waals surface area contributed by atoms with Crippen LogP contribution in [0.2, 0.25) is 0 Å². The summed E-state index contributed by atoms with van der Waals surface area (Å²) in [5.41, 5.74) is 3.61. The number of carbonyl (C=O) groups excluding carboxylic acids is 2. The van der Waals surface area contributed by atoms with Gasteiger partial charge in [0.15, 0.2) is 6.04 Å². The van der Waals surface area contributed by atoms with Gasteiger partial charge in [-0.1, -0.05) is 28.1 Å². The molecule has 3 aromatic rings. The molecular formula is C22H19BrN6O2S. The topological polar surface area (TPSA) is 90.6 Å². The van der Waals surface area contributed by atoms with E-state index in [0.717, 1.165) is 21.4 Å². The molecule has 0 radical (unpaired) electrons. The number of amides is 2. The van der Waals surface area contributed by atoms with E-state index in [0.29, 0.717) is 16.5 Å². The Morgan fingerprint density at radius 3 is 2.50 bits per heavy atom. The Balaban J connectivity index is 1.48. The standard InChI is InChI=1S/C22H19BrN6O2S/c1-13-20(26-25-17-8-10-18(11-9-17)28(3)14(2)30)21(31)29(27-13)22-24-19(12-32-22)15-4-6-16(23)7-5-15/h4-12,20H,1-3H3. The lowest BCUT2D eigenvalue weighted by Crippen LogP contribution is -2.29. The Labute approximate surface area is 197 Å². The SMILES string of the molecule is CC(=O)N(C)c1ccc(N=NC2C(=O)N(c3nc(-c4ccc(Br)cc4)cs3)N=C2C)cc1. The largest absolute Gasteiger partial charge is 0.316 e. The van der Waals surface area contributed by atoms with Crippen molar-refractivity contribution in [3.8, 4) is 11.3 Å². The average molecular weight is 511 g/mol. The number of azo groups is 1. The van der Waals surface area contributed by atoms with Gasteiger partial charge in [-0.15, -0.1) is 11.3 Å². The molecule has 1 aliphatic rings. The quantitative estimate of drug-likeness (QED) is 0.428. The van der Waals surface area contributed by atoms with Crippen LogP contribution in [0.1, 0.15) is 13.8 Å². The van der Waals surface area contributed by atoms with Crippen molar-refractivity contribution in [1.29, 1.82) is 0 Å². The van der Waals surface area contributed by atoms with Gasteiger partial charge in [-0.3, -0.25) is 9.59 Å². The minimum atomic E-state index is -0.797. The number of hydrogen-bond acceptors (Lipinski definition) is 7. The minimum Gasteiger partial charge on any atom is -0.316 e. The molecule has 8 nitrogen and oxygen atoms in total. The Morgan fingerprint density at radius 2 is 1.84 bits per heavy atom. The van der Waals surface area contributed by atoms with E-state index in [-0.39, 0.29) is 11.8 Å². The number of halogens is 1. The van der Waals surface area contributed by atoms with E-state index in [2.05, 4.69) is 36.2 Å². The van der Waals surface area contributed by atoms with Crippen molar-refractivity contribution in [1.82, 2.24) is 4.98 Å². The van der Waals surface area contributed by atoms with E-state index in [1.165, 1.54) is 28.2 Å². The molecule has 162 valence electrons. The summed E-state index contributed by atoms with van der Waals surface area (Å²) in [5, 5.41) is 16.4. The van der Waals surface area contributed by atoms with E-state index in [1.54, 1.807) is 38.2 Å². The van der Waals surface area contributed by atoms with Gasteiger partial charge in [-0.05, 0) is 43.3 Å². The molecule has 0 fully saturated rings. The van der Waals surface area contributed by atoms with Crippen LogP contribution in [-0.2, 0) is 9.59 Å². The number of hydrogen-bond donors (Lipinski definition) is 0. The second-order valence-electron chi connectivity index (χ2n) is 7.13. The highest BCUT2D eigenvalue weighted by Gasteiger charge is 2.36. The van der Waals surface area contributed by atoms with Crippen molar-refractivity contribution in [2.45, 2.75) is 19.9 Å². The summed E-state index contributed by atoms with van der Waals surface area (Å²) in [6, 6.07) is 14.0. The van der Waals surface area contributed by atoms with Gasteiger partial charge in [0.05, 0.1) is 17.1 Å². The lowest BCUT2D eigenvalue weighted by atomic mass is 10.2. The first-order valence-corrected chi connectivity index (χ1v) is 11.4. The number of hydrazone groups is 1.